The monoisotopic (exact) mass is 1370 g/mol. The summed E-state index contributed by atoms with van der Waals surface area (Å²) in [5, 5.41) is 63.8. The van der Waals surface area contributed by atoms with Crippen LogP contribution in [0, 0.1) is 20.8 Å². The van der Waals surface area contributed by atoms with Gasteiger partial charge >= 0.3 is 0 Å². The molecule has 0 nitrogen and oxygen atoms in total. The van der Waals surface area contributed by atoms with E-state index in [1.54, 1.807) is 110 Å². The molecule has 0 aliphatic heterocycles. The van der Waals surface area contributed by atoms with E-state index in [9.17, 15) is 0 Å². The van der Waals surface area contributed by atoms with E-state index in [4.69, 9.17) is 0 Å². The average Bonchev–Trinajstić information content (AvgIpc) is 1.61. The Morgan fingerprint density at radius 2 is 0.374 bits per heavy atom. The fourth-order valence-electron chi connectivity index (χ4n) is 21.9. The van der Waals surface area contributed by atoms with Crippen LogP contribution in [0.2, 0.25) is 0 Å². The minimum Gasteiger partial charge on any atom is -0.139 e. The normalized spacial score (nSPS) is 13.8. The maximum atomic E-state index is 2.51. The lowest BCUT2D eigenvalue weighted by atomic mass is 9.76. The smallest absolute Gasteiger partial charge is 0.0437 e. The third-order valence-corrected chi connectivity index (χ3v) is 32.7. The Morgan fingerprint density at radius 1 is 0.182 bits per heavy atom. The molecule has 99 heavy (non-hydrogen) atoms. The van der Waals surface area contributed by atoms with Crippen molar-refractivity contribution >= 4 is 322 Å². The molecule has 6 aromatic heterocycles. The van der Waals surface area contributed by atoms with E-state index < -0.39 is 0 Å². The van der Waals surface area contributed by atoms with Gasteiger partial charge in [0.25, 0.3) is 0 Å². The second-order valence-corrected chi connectivity index (χ2v) is 37.3. The minimum atomic E-state index is 1.18. The zero-order valence-electron chi connectivity index (χ0n) is 56.4. The minimum absolute atomic E-state index is 1.18. The second-order valence-electron chi connectivity index (χ2n) is 30.3. The SMILES string of the molecule is CCCCCCc1sc2c3cccc4c5c(CCCCCC)sc6c7cccc8c9c(CCCCCC)sc%10c%11cccc%12c1c2c1c(c34)c(c65)c(c78)c(c%109)c1c%11%12.Cc1sc2c3cccc4c5c(C)sc6c7cccc8c9c(C)sc%10c%11cccc%12c1c2c1c(c34)c(c65)c(c78)c(c%109)c1c%11%12. The molecule has 0 aliphatic carbocycles. The van der Waals surface area contributed by atoms with Crippen molar-refractivity contribution in [2.75, 3.05) is 0 Å². The number of hydrogen-bond acceptors (Lipinski definition) is 6. The Morgan fingerprint density at radius 3 is 0.606 bits per heavy atom. The molecule has 474 valence electrons. The lowest BCUT2D eigenvalue weighted by molar-refractivity contribution is 0.671. The van der Waals surface area contributed by atoms with Gasteiger partial charge in [-0.3, -0.25) is 0 Å². The third kappa shape index (κ3) is 6.24. The van der Waals surface area contributed by atoms with Crippen molar-refractivity contribution in [2.24, 2.45) is 0 Å². The van der Waals surface area contributed by atoms with Crippen LogP contribution in [0.5, 0.6) is 0 Å². The highest BCUT2D eigenvalue weighted by Crippen LogP contribution is 2.67. The van der Waals surface area contributed by atoms with Crippen LogP contribution in [-0.2, 0) is 19.3 Å². The first-order valence-electron chi connectivity index (χ1n) is 37.1. The molecule has 0 aliphatic rings. The molecule has 0 saturated heterocycles. The Kier molecular flexibility index (Phi) is 10.8. The predicted molar refractivity (Wildman–Crippen MR) is 452 cm³/mol. The van der Waals surface area contributed by atoms with Gasteiger partial charge in [0, 0.05) is 219 Å². The van der Waals surface area contributed by atoms with Gasteiger partial charge in [0.2, 0.25) is 0 Å². The van der Waals surface area contributed by atoms with E-state index >= 15 is 0 Å². The summed E-state index contributed by atoms with van der Waals surface area (Å²) in [4.78, 5) is 9.21. The van der Waals surface area contributed by atoms with Crippen LogP contribution in [0.15, 0.2) is 109 Å². The van der Waals surface area contributed by atoms with Crippen molar-refractivity contribution in [3.8, 4) is 0 Å². The number of unbranched alkanes of at least 4 members (excludes halogenated alkanes) is 9. The van der Waals surface area contributed by atoms with Crippen LogP contribution >= 0.6 is 68.0 Å². The zero-order chi connectivity index (χ0) is 64.8. The maximum absolute atomic E-state index is 2.51. The van der Waals surface area contributed by atoms with Gasteiger partial charge in [0.1, 0.15) is 0 Å². The fourth-order valence-corrected chi connectivity index (χ4v) is 29.7. The van der Waals surface area contributed by atoms with E-state index in [-0.39, 0.29) is 0 Å². The number of rotatable bonds is 15. The summed E-state index contributed by atoms with van der Waals surface area (Å²) in [6.07, 6.45) is 19.2. The predicted octanol–water partition coefficient (Wildman–Crippen LogP) is 32.0. The molecular weight excluding hydrogens is 1310 g/mol. The summed E-state index contributed by atoms with van der Waals surface area (Å²) in [5.74, 6) is 0. The molecule has 20 aromatic carbocycles. The van der Waals surface area contributed by atoms with Gasteiger partial charge in [-0.05, 0) is 124 Å². The molecule has 6 heterocycles. The highest BCUT2D eigenvalue weighted by molar-refractivity contribution is 7.24. The first kappa shape index (κ1) is 55.7. The van der Waals surface area contributed by atoms with Crippen LogP contribution in [0.1, 0.15) is 127 Å². The van der Waals surface area contributed by atoms with Crippen molar-refractivity contribution < 1.29 is 0 Å². The lowest BCUT2D eigenvalue weighted by Gasteiger charge is -2.26. The van der Waals surface area contributed by atoms with Crippen molar-refractivity contribution in [1.82, 2.24) is 0 Å². The van der Waals surface area contributed by atoms with Crippen molar-refractivity contribution in [1.29, 1.82) is 0 Å². The highest BCUT2D eigenvalue weighted by Gasteiger charge is 2.38. The molecular formula is C93H66S6. The largest absolute Gasteiger partial charge is 0.139 e. The van der Waals surface area contributed by atoms with E-state index in [2.05, 4.69) is 185 Å². The van der Waals surface area contributed by atoms with Gasteiger partial charge in [-0.25, -0.2) is 0 Å². The molecule has 0 unspecified atom stereocenters. The second kappa shape index (κ2) is 19.1. The fraction of sp³-hybridized carbons (Fsp3) is 0.226. The Labute approximate surface area is 593 Å². The van der Waals surface area contributed by atoms with E-state index in [0.717, 1.165) is 0 Å². The van der Waals surface area contributed by atoms with Crippen LogP contribution in [0.4, 0.5) is 0 Å². The highest BCUT2D eigenvalue weighted by atomic mass is 32.1. The van der Waals surface area contributed by atoms with E-state index in [1.807, 2.05) is 34.0 Å². The molecule has 26 aromatic rings. The summed E-state index contributed by atoms with van der Waals surface area (Å²) in [6, 6.07) is 43.6. The van der Waals surface area contributed by atoms with Gasteiger partial charge < -0.3 is 0 Å². The van der Waals surface area contributed by atoms with Gasteiger partial charge in [0.15, 0.2) is 0 Å². The summed E-state index contributed by atoms with van der Waals surface area (Å²) >= 11 is 12.5. The summed E-state index contributed by atoms with van der Waals surface area (Å²) < 4.78 is 9.06. The first-order chi connectivity index (χ1) is 48.9. The lowest BCUT2D eigenvalue weighted by Crippen LogP contribution is -1.98. The topological polar surface area (TPSA) is 0 Å². The van der Waals surface area contributed by atoms with Gasteiger partial charge in [0.05, 0.1) is 0 Å². The standard InChI is InChI=1S/C54H48S3.C39H18S3/c1-4-7-10-13-25-34-40-28-19-16-23-32-37(28)43-46-44-38-29(20-17-22-31(38)52(55-34)49(40)46)41-35(26-14-11-8-5-2)57-54-33-24-18-21-30-39(33)45(48(44)51(41)54)47(43)50-42(30)36(56-53(32)50)27-15-12-9-6-3;1-13-22-16-7-4-11-20-25(16)28-31-29-26-17(8-5-10-19(26)37(40-13)34(22)31)23-14(2)42-39-21-12-6-9-18-24-15(3)41-38(20)35(24)32(28)30(27(18)21)33(29)36(23)39/h16-24H,4-15,25-27H2,1-3H3;4-12H,1-3H3. The van der Waals surface area contributed by atoms with Gasteiger partial charge in [-0.2, -0.15) is 0 Å². The van der Waals surface area contributed by atoms with Crippen molar-refractivity contribution in [2.45, 2.75) is 138 Å². The molecule has 0 radical (unpaired) electrons. The van der Waals surface area contributed by atoms with Crippen LogP contribution in [0.25, 0.3) is 254 Å². The van der Waals surface area contributed by atoms with Gasteiger partial charge in [-0.15, -0.1) is 68.0 Å². The molecule has 0 spiro atoms. The third-order valence-electron chi connectivity index (χ3n) is 25.4. The first-order valence-corrected chi connectivity index (χ1v) is 42.0. The van der Waals surface area contributed by atoms with Crippen molar-refractivity contribution in [3.63, 3.8) is 0 Å². The Bertz CT molecular complexity index is 7020. The number of fused-ring (bicyclic) bond motifs is 12. The summed E-state index contributed by atoms with van der Waals surface area (Å²) in [6.45, 7) is 14.1. The Hall–Kier alpha value is -8.04. The molecule has 0 saturated carbocycles. The quantitative estimate of drug-likeness (QED) is 0.0545. The maximum Gasteiger partial charge on any atom is 0.0437 e. The van der Waals surface area contributed by atoms with Crippen LogP contribution in [-0.4, -0.2) is 0 Å². The molecule has 0 N–H and O–H groups in total. The molecule has 0 atom stereocenters. The number of hydrogen-bond donors (Lipinski definition) is 0. The summed E-state index contributed by atoms with van der Waals surface area (Å²) in [7, 11) is 0. The molecule has 6 heteroatoms. The van der Waals surface area contributed by atoms with Crippen LogP contribution in [0.3, 0.4) is 0 Å². The number of benzene rings is 20. The van der Waals surface area contributed by atoms with Gasteiger partial charge in [-0.1, -0.05) is 188 Å². The molecule has 0 bridgehead atoms. The number of aryl methyl sites for hydroxylation is 6. The molecule has 26 rings (SSSR count). The van der Waals surface area contributed by atoms with E-state index in [0.29, 0.717) is 0 Å². The summed E-state index contributed by atoms with van der Waals surface area (Å²) in [5.41, 5.74) is 0. The van der Waals surface area contributed by atoms with Crippen molar-refractivity contribution in [3.05, 3.63) is 138 Å². The molecule has 0 amide bonds. The van der Waals surface area contributed by atoms with Crippen LogP contribution < -0.4 is 0 Å². The van der Waals surface area contributed by atoms with E-state index in [1.165, 1.54) is 270 Å². The molecule has 0 fully saturated rings. The number of thiophene rings is 6. The average molecular weight is 1380 g/mol. The zero-order valence-corrected chi connectivity index (χ0v) is 61.3. The Balaban J connectivity index is 0.000000123.